The second-order valence-electron chi connectivity index (χ2n) is 7.28. The second-order valence-corrected chi connectivity index (χ2v) is 7.28. The van der Waals surface area contributed by atoms with Gasteiger partial charge in [-0.25, -0.2) is 4.98 Å². The molecule has 0 atom stereocenters. The number of pyridine rings is 1. The molecule has 0 saturated carbocycles. The van der Waals surface area contributed by atoms with Crippen molar-refractivity contribution in [3.63, 3.8) is 0 Å². The van der Waals surface area contributed by atoms with E-state index in [1.807, 2.05) is 6.07 Å². The van der Waals surface area contributed by atoms with Gasteiger partial charge in [-0.05, 0) is 38.1 Å². The highest BCUT2D eigenvalue weighted by atomic mass is 15.3. The van der Waals surface area contributed by atoms with Crippen molar-refractivity contribution in [2.75, 3.05) is 41.7 Å². The van der Waals surface area contributed by atoms with Crippen LogP contribution in [0.15, 0.2) is 60.7 Å². The molecule has 1 aliphatic rings. The number of nitrogens with zero attached hydrogens (tertiary/aromatic N) is 3. The molecule has 0 amide bonds. The molecule has 1 fully saturated rings. The van der Waals surface area contributed by atoms with E-state index in [4.69, 9.17) is 5.73 Å². The standard InChI is InChI=1S/C23H26N4/c1-17-3-7-19(8-4-17)23-21(11-12-22(24)25-23)27-15-13-26(14-16-27)20-9-5-18(2)6-10-20/h3-12H,13-16H2,1-2H3,(H2,24,25). The maximum absolute atomic E-state index is 6.00. The molecule has 2 heterocycles. The summed E-state index contributed by atoms with van der Waals surface area (Å²) >= 11 is 0. The summed E-state index contributed by atoms with van der Waals surface area (Å²) in [5.74, 6) is 0.563. The lowest BCUT2D eigenvalue weighted by molar-refractivity contribution is 0.653. The zero-order valence-electron chi connectivity index (χ0n) is 16.0. The van der Waals surface area contributed by atoms with Crippen LogP contribution in [0, 0.1) is 13.8 Å². The SMILES string of the molecule is Cc1ccc(-c2nc(N)ccc2N2CCN(c3ccc(C)cc3)CC2)cc1. The molecule has 0 bridgehead atoms. The van der Waals surface area contributed by atoms with Crippen molar-refractivity contribution in [2.45, 2.75) is 13.8 Å². The minimum atomic E-state index is 0.563. The molecule has 2 N–H and O–H groups in total. The lowest BCUT2D eigenvalue weighted by Crippen LogP contribution is -2.46. The Bertz CT molecular complexity index is 908. The Morgan fingerprint density at radius 1 is 0.704 bits per heavy atom. The van der Waals surface area contributed by atoms with Gasteiger partial charge in [-0.3, -0.25) is 0 Å². The first-order valence-corrected chi connectivity index (χ1v) is 9.50. The quantitative estimate of drug-likeness (QED) is 0.759. The van der Waals surface area contributed by atoms with Gasteiger partial charge in [0.25, 0.3) is 0 Å². The molecular formula is C23H26N4. The van der Waals surface area contributed by atoms with Crippen molar-refractivity contribution in [2.24, 2.45) is 0 Å². The van der Waals surface area contributed by atoms with Crippen LogP contribution in [-0.2, 0) is 0 Å². The molecular weight excluding hydrogens is 332 g/mol. The first kappa shape index (κ1) is 17.4. The Labute approximate surface area is 161 Å². The second kappa shape index (κ2) is 7.31. The highest BCUT2D eigenvalue weighted by Gasteiger charge is 2.21. The highest BCUT2D eigenvalue weighted by Crippen LogP contribution is 2.31. The molecule has 0 aliphatic carbocycles. The van der Waals surface area contributed by atoms with Crippen molar-refractivity contribution in [1.82, 2.24) is 4.98 Å². The van der Waals surface area contributed by atoms with Crippen LogP contribution >= 0.6 is 0 Å². The summed E-state index contributed by atoms with van der Waals surface area (Å²) in [6.07, 6.45) is 0. The van der Waals surface area contributed by atoms with Gasteiger partial charge < -0.3 is 15.5 Å². The monoisotopic (exact) mass is 358 g/mol. The van der Waals surface area contributed by atoms with Gasteiger partial charge >= 0.3 is 0 Å². The van der Waals surface area contributed by atoms with Crippen molar-refractivity contribution >= 4 is 17.2 Å². The van der Waals surface area contributed by atoms with Crippen LogP contribution in [-0.4, -0.2) is 31.2 Å². The van der Waals surface area contributed by atoms with Gasteiger partial charge in [-0.1, -0.05) is 47.5 Å². The molecule has 1 saturated heterocycles. The number of benzene rings is 2. The largest absolute Gasteiger partial charge is 0.384 e. The van der Waals surface area contributed by atoms with Gasteiger partial charge in [0, 0.05) is 37.4 Å². The summed E-state index contributed by atoms with van der Waals surface area (Å²) in [6.45, 7) is 8.17. The molecule has 1 aliphatic heterocycles. The number of rotatable bonds is 3. The maximum Gasteiger partial charge on any atom is 0.124 e. The third kappa shape index (κ3) is 3.75. The van der Waals surface area contributed by atoms with Crippen LogP contribution < -0.4 is 15.5 Å². The zero-order chi connectivity index (χ0) is 18.8. The molecule has 0 spiro atoms. The van der Waals surface area contributed by atoms with E-state index < -0.39 is 0 Å². The van der Waals surface area contributed by atoms with Gasteiger partial charge in [-0.15, -0.1) is 0 Å². The summed E-state index contributed by atoms with van der Waals surface area (Å²) in [6, 6.07) is 21.3. The Hall–Kier alpha value is -3.01. The Balaban J connectivity index is 1.56. The Morgan fingerprint density at radius 3 is 1.89 bits per heavy atom. The zero-order valence-corrected chi connectivity index (χ0v) is 16.0. The minimum absolute atomic E-state index is 0.563. The van der Waals surface area contributed by atoms with Gasteiger partial charge in [0.1, 0.15) is 5.82 Å². The summed E-state index contributed by atoms with van der Waals surface area (Å²) < 4.78 is 0. The molecule has 4 heteroatoms. The van der Waals surface area contributed by atoms with Gasteiger partial charge in [0.05, 0.1) is 11.4 Å². The van der Waals surface area contributed by atoms with E-state index in [0.717, 1.165) is 43.1 Å². The molecule has 1 aromatic heterocycles. The fraction of sp³-hybridized carbons (Fsp3) is 0.261. The van der Waals surface area contributed by atoms with Gasteiger partial charge in [0.2, 0.25) is 0 Å². The van der Waals surface area contributed by atoms with Crippen molar-refractivity contribution < 1.29 is 0 Å². The number of nitrogens with two attached hydrogens (primary N) is 1. The number of anilines is 3. The fourth-order valence-electron chi connectivity index (χ4n) is 3.61. The minimum Gasteiger partial charge on any atom is -0.384 e. The fourth-order valence-corrected chi connectivity index (χ4v) is 3.61. The third-order valence-corrected chi connectivity index (χ3v) is 5.24. The van der Waals surface area contributed by atoms with Crippen molar-refractivity contribution in [1.29, 1.82) is 0 Å². The lowest BCUT2D eigenvalue weighted by Gasteiger charge is -2.38. The molecule has 0 unspecified atom stereocenters. The first-order chi connectivity index (χ1) is 13.1. The predicted molar refractivity (Wildman–Crippen MR) is 114 cm³/mol. The normalized spacial score (nSPS) is 14.4. The van der Waals surface area contributed by atoms with Crippen LogP contribution in [0.25, 0.3) is 11.3 Å². The topological polar surface area (TPSA) is 45.4 Å². The van der Waals surface area contributed by atoms with Crippen molar-refractivity contribution in [3.8, 4) is 11.3 Å². The number of piperazine rings is 1. The first-order valence-electron chi connectivity index (χ1n) is 9.50. The number of aromatic nitrogens is 1. The highest BCUT2D eigenvalue weighted by molar-refractivity contribution is 5.77. The smallest absolute Gasteiger partial charge is 0.124 e. The van der Waals surface area contributed by atoms with Crippen LogP contribution in [0.1, 0.15) is 11.1 Å². The summed E-state index contributed by atoms with van der Waals surface area (Å²) in [5, 5.41) is 0. The maximum atomic E-state index is 6.00. The molecule has 2 aromatic carbocycles. The van der Waals surface area contributed by atoms with E-state index in [1.54, 1.807) is 0 Å². The molecule has 27 heavy (non-hydrogen) atoms. The van der Waals surface area contributed by atoms with Gasteiger partial charge in [0.15, 0.2) is 0 Å². The van der Waals surface area contributed by atoms with E-state index in [1.165, 1.54) is 16.8 Å². The number of hydrogen-bond donors (Lipinski definition) is 1. The number of aryl methyl sites for hydroxylation is 2. The van der Waals surface area contributed by atoms with Gasteiger partial charge in [-0.2, -0.15) is 0 Å². The molecule has 4 rings (SSSR count). The third-order valence-electron chi connectivity index (χ3n) is 5.24. The van der Waals surface area contributed by atoms with Crippen LogP contribution in [0.2, 0.25) is 0 Å². The Morgan fingerprint density at radius 2 is 1.26 bits per heavy atom. The summed E-state index contributed by atoms with van der Waals surface area (Å²) in [4.78, 5) is 9.53. The summed E-state index contributed by atoms with van der Waals surface area (Å²) in [5.41, 5.74) is 13.1. The average Bonchev–Trinajstić information content (AvgIpc) is 2.69. The lowest BCUT2D eigenvalue weighted by atomic mass is 10.1. The van der Waals surface area contributed by atoms with E-state index in [2.05, 4.69) is 83.2 Å². The van der Waals surface area contributed by atoms with Crippen LogP contribution in [0.3, 0.4) is 0 Å². The van der Waals surface area contributed by atoms with E-state index >= 15 is 0 Å². The molecule has 0 radical (unpaired) electrons. The van der Waals surface area contributed by atoms with E-state index in [-0.39, 0.29) is 0 Å². The van der Waals surface area contributed by atoms with Crippen molar-refractivity contribution in [3.05, 3.63) is 71.8 Å². The number of hydrogen-bond acceptors (Lipinski definition) is 4. The Kier molecular flexibility index (Phi) is 4.71. The van der Waals surface area contributed by atoms with Crippen LogP contribution in [0.5, 0.6) is 0 Å². The van der Waals surface area contributed by atoms with Crippen LogP contribution in [0.4, 0.5) is 17.2 Å². The summed E-state index contributed by atoms with van der Waals surface area (Å²) in [7, 11) is 0. The predicted octanol–water partition coefficient (Wildman–Crippen LogP) is 4.27. The number of nitrogen functional groups attached to an aromatic ring is 1. The molecule has 138 valence electrons. The van der Waals surface area contributed by atoms with E-state index in [9.17, 15) is 0 Å². The average molecular weight is 358 g/mol. The molecule has 3 aromatic rings. The molecule has 4 nitrogen and oxygen atoms in total. The van der Waals surface area contributed by atoms with E-state index in [0.29, 0.717) is 5.82 Å².